The van der Waals surface area contributed by atoms with E-state index in [1.807, 2.05) is 32.9 Å². The molecule has 7 heteroatoms. The summed E-state index contributed by atoms with van der Waals surface area (Å²) in [5.74, 6) is -0.727. The molecule has 27 heavy (non-hydrogen) atoms. The Morgan fingerprint density at radius 3 is 2.26 bits per heavy atom. The smallest absolute Gasteiger partial charge is 0.322 e. The molecule has 0 unspecified atom stereocenters. The molecule has 0 atom stereocenters. The highest BCUT2D eigenvalue weighted by Gasteiger charge is 2.32. The zero-order valence-corrected chi connectivity index (χ0v) is 18.1. The van der Waals surface area contributed by atoms with Gasteiger partial charge in [0, 0.05) is 22.4 Å². The zero-order valence-electron chi connectivity index (χ0n) is 16.5. The predicted molar refractivity (Wildman–Crippen MR) is 109 cm³/mol. The fourth-order valence-electron chi connectivity index (χ4n) is 2.31. The van der Waals surface area contributed by atoms with Crippen LogP contribution < -0.4 is 0 Å². The van der Waals surface area contributed by atoms with E-state index in [4.69, 9.17) is 16.3 Å². The van der Waals surface area contributed by atoms with Crippen LogP contribution in [0.4, 0.5) is 0 Å². The van der Waals surface area contributed by atoms with Crippen LogP contribution in [0.2, 0.25) is 5.02 Å². The molecule has 0 spiro atoms. The number of rotatable bonds is 6. The SMILES string of the molecule is Cn1nc(C(C)(C)C)cc1C(=O)COC(=O)C(C)(C)Sc1ccc(Cl)cc1. The van der Waals surface area contributed by atoms with Crippen LogP contribution in [-0.2, 0) is 22.0 Å². The summed E-state index contributed by atoms with van der Waals surface area (Å²) in [7, 11) is 1.71. The molecule has 0 saturated carbocycles. The molecule has 0 aliphatic carbocycles. The van der Waals surface area contributed by atoms with Gasteiger partial charge in [0.2, 0.25) is 5.78 Å². The van der Waals surface area contributed by atoms with Crippen LogP contribution in [-0.4, -0.2) is 32.9 Å². The molecular formula is C20H25ClN2O3S. The third-order valence-electron chi connectivity index (χ3n) is 3.95. The summed E-state index contributed by atoms with van der Waals surface area (Å²) >= 11 is 7.24. The lowest BCUT2D eigenvalue weighted by Crippen LogP contribution is -2.31. The summed E-state index contributed by atoms with van der Waals surface area (Å²) in [5, 5.41) is 5.02. The number of benzene rings is 1. The number of carbonyl (C=O) groups is 2. The van der Waals surface area contributed by atoms with Crippen LogP contribution in [0.15, 0.2) is 35.2 Å². The first-order chi connectivity index (χ1) is 12.4. The Bertz CT molecular complexity index is 836. The number of aryl methyl sites for hydroxylation is 1. The molecular weight excluding hydrogens is 384 g/mol. The Hall–Kier alpha value is -1.79. The molecule has 0 N–H and O–H groups in total. The van der Waals surface area contributed by atoms with Crippen LogP contribution in [0.5, 0.6) is 0 Å². The molecule has 1 aromatic heterocycles. The fourth-order valence-corrected chi connectivity index (χ4v) is 3.44. The summed E-state index contributed by atoms with van der Waals surface area (Å²) < 4.78 is 5.99. The van der Waals surface area contributed by atoms with Crippen molar-refractivity contribution in [3.8, 4) is 0 Å². The van der Waals surface area contributed by atoms with E-state index in [0.29, 0.717) is 10.7 Å². The summed E-state index contributed by atoms with van der Waals surface area (Å²) in [5.41, 5.74) is 1.08. The molecule has 0 saturated heterocycles. The Kier molecular flexibility index (Phi) is 6.43. The van der Waals surface area contributed by atoms with Gasteiger partial charge in [0.15, 0.2) is 6.61 Å². The van der Waals surface area contributed by atoms with E-state index in [2.05, 4.69) is 5.10 Å². The molecule has 5 nitrogen and oxygen atoms in total. The number of hydrogen-bond acceptors (Lipinski definition) is 5. The number of ether oxygens (including phenoxy) is 1. The van der Waals surface area contributed by atoms with E-state index in [1.165, 1.54) is 16.4 Å². The molecule has 146 valence electrons. The molecule has 0 aliphatic heterocycles. The fraction of sp³-hybridized carbons (Fsp3) is 0.450. The number of Topliss-reactive ketones (excluding diaryl/α,β-unsaturated/α-hetero) is 1. The van der Waals surface area contributed by atoms with Crippen molar-refractivity contribution in [2.75, 3.05) is 6.61 Å². The minimum atomic E-state index is -0.836. The Labute approximate surface area is 169 Å². The summed E-state index contributed by atoms with van der Waals surface area (Å²) in [6.07, 6.45) is 0. The van der Waals surface area contributed by atoms with Gasteiger partial charge in [0.25, 0.3) is 0 Å². The highest BCUT2D eigenvalue weighted by Crippen LogP contribution is 2.34. The first-order valence-corrected chi connectivity index (χ1v) is 9.79. The van der Waals surface area contributed by atoms with Gasteiger partial charge >= 0.3 is 5.97 Å². The van der Waals surface area contributed by atoms with Crippen LogP contribution >= 0.6 is 23.4 Å². The molecule has 0 radical (unpaired) electrons. The molecule has 1 aromatic carbocycles. The van der Waals surface area contributed by atoms with Crippen molar-refractivity contribution in [2.45, 2.75) is 49.7 Å². The van der Waals surface area contributed by atoms with Crippen LogP contribution in [0, 0.1) is 0 Å². The van der Waals surface area contributed by atoms with Crippen molar-refractivity contribution in [2.24, 2.45) is 7.05 Å². The minimum Gasteiger partial charge on any atom is -0.456 e. The average Bonchev–Trinajstić information content (AvgIpc) is 2.96. The lowest BCUT2D eigenvalue weighted by molar-refractivity contribution is -0.144. The third kappa shape index (κ3) is 5.59. The minimum absolute atomic E-state index is 0.163. The van der Waals surface area contributed by atoms with Crippen LogP contribution in [0.25, 0.3) is 0 Å². The molecule has 2 aromatic rings. The number of aromatic nitrogens is 2. The van der Waals surface area contributed by atoms with Gasteiger partial charge in [-0.2, -0.15) is 5.10 Å². The molecule has 0 amide bonds. The van der Waals surface area contributed by atoms with E-state index < -0.39 is 10.7 Å². The summed E-state index contributed by atoms with van der Waals surface area (Å²) in [4.78, 5) is 25.8. The first-order valence-electron chi connectivity index (χ1n) is 8.59. The maximum atomic E-state index is 12.5. The Balaban J connectivity index is 2.00. The zero-order chi connectivity index (χ0) is 20.4. The Morgan fingerprint density at radius 2 is 1.74 bits per heavy atom. The molecule has 0 bridgehead atoms. The second-order valence-corrected chi connectivity index (χ2v) is 9.99. The van der Waals surface area contributed by atoms with Crippen molar-refractivity contribution in [3.05, 3.63) is 46.7 Å². The predicted octanol–water partition coefficient (Wildman–Crippen LogP) is 4.67. The first kappa shape index (κ1) is 21.5. The number of ketones is 1. The third-order valence-corrected chi connectivity index (χ3v) is 5.38. The van der Waals surface area contributed by atoms with Gasteiger partial charge in [-0.3, -0.25) is 14.3 Å². The molecule has 2 rings (SSSR count). The highest BCUT2D eigenvalue weighted by molar-refractivity contribution is 8.01. The topological polar surface area (TPSA) is 61.2 Å². The van der Waals surface area contributed by atoms with Crippen molar-refractivity contribution in [1.29, 1.82) is 0 Å². The summed E-state index contributed by atoms with van der Waals surface area (Å²) in [6, 6.07) is 8.98. The molecule has 1 heterocycles. The van der Waals surface area contributed by atoms with Crippen LogP contribution in [0.1, 0.15) is 50.8 Å². The van der Waals surface area contributed by atoms with Crippen LogP contribution in [0.3, 0.4) is 0 Å². The van der Waals surface area contributed by atoms with E-state index in [-0.39, 0.29) is 17.8 Å². The second kappa shape index (κ2) is 8.07. The van der Waals surface area contributed by atoms with Gasteiger partial charge in [-0.25, -0.2) is 0 Å². The number of nitrogens with zero attached hydrogens (tertiary/aromatic N) is 2. The van der Waals surface area contributed by atoms with Gasteiger partial charge < -0.3 is 4.74 Å². The maximum Gasteiger partial charge on any atom is 0.322 e. The average molecular weight is 409 g/mol. The van der Waals surface area contributed by atoms with Gasteiger partial charge in [0.05, 0.1) is 5.69 Å². The number of hydrogen-bond donors (Lipinski definition) is 0. The summed E-state index contributed by atoms with van der Waals surface area (Å²) in [6.45, 7) is 9.30. The van der Waals surface area contributed by atoms with Crippen molar-refractivity contribution < 1.29 is 14.3 Å². The second-order valence-electron chi connectivity index (χ2n) is 7.85. The number of thioether (sulfide) groups is 1. The van der Waals surface area contributed by atoms with E-state index >= 15 is 0 Å². The quantitative estimate of drug-likeness (QED) is 0.395. The standard InChI is InChI=1S/C20H25ClN2O3S/c1-19(2,3)17-11-15(23(6)22-17)16(24)12-26-18(25)20(4,5)27-14-9-7-13(21)8-10-14/h7-11H,12H2,1-6H3. The Morgan fingerprint density at radius 1 is 1.15 bits per heavy atom. The van der Waals surface area contributed by atoms with Gasteiger partial charge in [0.1, 0.15) is 10.4 Å². The van der Waals surface area contributed by atoms with Crippen molar-refractivity contribution in [1.82, 2.24) is 9.78 Å². The van der Waals surface area contributed by atoms with Crippen molar-refractivity contribution in [3.63, 3.8) is 0 Å². The van der Waals surface area contributed by atoms with E-state index in [0.717, 1.165) is 10.6 Å². The highest BCUT2D eigenvalue weighted by atomic mass is 35.5. The largest absolute Gasteiger partial charge is 0.456 e. The number of esters is 1. The normalized spacial score (nSPS) is 12.1. The van der Waals surface area contributed by atoms with E-state index in [9.17, 15) is 9.59 Å². The van der Waals surface area contributed by atoms with Crippen molar-refractivity contribution >= 4 is 35.1 Å². The van der Waals surface area contributed by atoms with Gasteiger partial charge in [-0.15, -0.1) is 11.8 Å². The molecule has 0 fully saturated rings. The maximum absolute atomic E-state index is 12.5. The number of carbonyl (C=O) groups excluding carboxylic acids is 2. The van der Waals surface area contributed by atoms with Gasteiger partial charge in [-0.1, -0.05) is 32.4 Å². The van der Waals surface area contributed by atoms with Gasteiger partial charge in [-0.05, 0) is 44.2 Å². The monoisotopic (exact) mass is 408 g/mol. The lowest BCUT2D eigenvalue weighted by Gasteiger charge is -2.21. The molecule has 0 aliphatic rings. The number of halogens is 1. The van der Waals surface area contributed by atoms with E-state index in [1.54, 1.807) is 39.1 Å². The lowest BCUT2D eigenvalue weighted by atomic mass is 9.92.